The van der Waals surface area contributed by atoms with Crippen molar-refractivity contribution >= 4 is 21.6 Å². The molecule has 4 rings (SSSR count). The standard InChI is InChI=1S/C17H13BrN4/c1-11-20-21-16-10-19-17(12-6-2-4-8-14(12)18)13-7-3-5-9-15(13)22(11)16/h2-9H,10H2,1H3. The Hall–Kier alpha value is -2.27. The van der Waals surface area contributed by atoms with Gasteiger partial charge in [0, 0.05) is 15.6 Å². The summed E-state index contributed by atoms with van der Waals surface area (Å²) in [5, 5.41) is 8.45. The van der Waals surface area contributed by atoms with Gasteiger partial charge in [-0.15, -0.1) is 10.2 Å². The molecular formula is C17H13BrN4. The van der Waals surface area contributed by atoms with Crippen molar-refractivity contribution in [2.75, 3.05) is 0 Å². The fourth-order valence-corrected chi connectivity index (χ4v) is 3.28. The van der Waals surface area contributed by atoms with Gasteiger partial charge >= 0.3 is 0 Å². The number of nitrogens with zero attached hydrogens (tertiary/aromatic N) is 4. The highest BCUT2D eigenvalue weighted by Gasteiger charge is 2.21. The highest BCUT2D eigenvalue weighted by atomic mass is 79.9. The first kappa shape index (κ1) is 13.4. The normalized spacial score (nSPS) is 13.1. The minimum Gasteiger partial charge on any atom is -0.281 e. The minimum absolute atomic E-state index is 0.520. The third kappa shape index (κ3) is 2.01. The Kier molecular flexibility index (Phi) is 3.15. The van der Waals surface area contributed by atoms with Gasteiger partial charge in [-0.3, -0.25) is 9.56 Å². The van der Waals surface area contributed by atoms with E-state index in [4.69, 9.17) is 4.99 Å². The highest BCUT2D eigenvalue weighted by molar-refractivity contribution is 9.10. The first-order chi connectivity index (χ1) is 10.8. The zero-order valence-electron chi connectivity index (χ0n) is 12.0. The summed E-state index contributed by atoms with van der Waals surface area (Å²) in [6, 6.07) is 16.4. The number of halogens is 1. The minimum atomic E-state index is 0.520. The number of para-hydroxylation sites is 1. The van der Waals surface area contributed by atoms with Crippen LogP contribution in [0, 0.1) is 6.92 Å². The molecule has 0 unspecified atom stereocenters. The maximum Gasteiger partial charge on any atom is 0.159 e. The molecule has 2 heterocycles. The van der Waals surface area contributed by atoms with E-state index in [0.29, 0.717) is 6.54 Å². The summed E-state index contributed by atoms with van der Waals surface area (Å²) < 4.78 is 3.13. The second-order valence-corrected chi connectivity index (χ2v) is 6.02. The molecule has 0 radical (unpaired) electrons. The number of rotatable bonds is 1. The Balaban J connectivity index is 2.01. The van der Waals surface area contributed by atoms with Gasteiger partial charge in [-0.25, -0.2) is 0 Å². The molecule has 0 atom stereocenters. The Labute approximate surface area is 136 Å². The van der Waals surface area contributed by atoms with E-state index in [-0.39, 0.29) is 0 Å². The molecule has 1 aromatic heterocycles. The first-order valence-electron chi connectivity index (χ1n) is 7.06. The van der Waals surface area contributed by atoms with E-state index >= 15 is 0 Å². The molecule has 0 fully saturated rings. The Bertz CT molecular complexity index is 895. The second kappa shape index (κ2) is 5.18. The maximum absolute atomic E-state index is 4.81. The monoisotopic (exact) mass is 352 g/mol. The van der Waals surface area contributed by atoms with Crippen LogP contribution in [-0.4, -0.2) is 20.5 Å². The SMILES string of the molecule is Cc1nnc2n1-c1ccccc1C(c1ccccc1Br)=NC2. The van der Waals surface area contributed by atoms with Crippen molar-refractivity contribution in [1.82, 2.24) is 14.8 Å². The van der Waals surface area contributed by atoms with Crippen molar-refractivity contribution < 1.29 is 0 Å². The fourth-order valence-electron chi connectivity index (χ4n) is 2.81. The lowest BCUT2D eigenvalue weighted by atomic mass is 10.0. The van der Waals surface area contributed by atoms with Crippen molar-refractivity contribution in [3.05, 3.63) is 75.8 Å². The van der Waals surface area contributed by atoms with E-state index in [0.717, 1.165) is 38.6 Å². The summed E-state index contributed by atoms with van der Waals surface area (Å²) in [4.78, 5) is 4.81. The molecule has 0 amide bonds. The van der Waals surface area contributed by atoms with Crippen LogP contribution < -0.4 is 0 Å². The smallest absolute Gasteiger partial charge is 0.159 e. The summed E-state index contributed by atoms with van der Waals surface area (Å²) in [6.45, 7) is 2.49. The molecule has 4 nitrogen and oxygen atoms in total. The van der Waals surface area contributed by atoms with Crippen LogP contribution in [0.15, 0.2) is 58.0 Å². The lowest BCUT2D eigenvalue weighted by Gasteiger charge is -2.13. The molecule has 3 aromatic rings. The lowest BCUT2D eigenvalue weighted by Crippen LogP contribution is -2.08. The van der Waals surface area contributed by atoms with Gasteiger partial charge in [0.15, 0.2) is 5.82 Å². The van der Waals surface area contributed by atoms with Crippen LogP contribution in [0.3, 0.4) is 0 Å². The Morgan fingerprint density at radius 2 is 1.68 bits per heavy atom. The average molecular weight is 353 g/mol. The molecular weight excluding hydrogens is 340 g/mol. The molecule has 108 valence electrons. The summed E-state index contributed by atoms with van der Waals surface area (Å²) in [6.07, 6.45) is 0. The molecule has 1 aliphatic rings. The molecule has 0 N–H and O–H groups in total. The molecule has 5 heteroatoms. The number of aromatic nitrogens is 3. The summed E-state index contributed by atoms with van der Waals surface area (Å²) in [5.74, 6) is 1.75. The van der Waals surface area contributed by atoms with Crippen molar-refractivity contribution in [2.24, 2.45) is 4.99 Å². The van der Waals surface area contributed by atoms with Gasteiger partial charge in [-0.2, -0.15) is 0 Å². The molecule has 22 heavy (non-hydrogen) atoms. The van der Waals surface area contributed by atoms with Crippen molar-refractivity contribution in [3.63, 3.8) is 0 Å². The van der Waals surface area contributed by atoms with Gasteiger partial charge in [-0.1, -0.05) is 52.3 Å². The fraction of sp³-hybridized carbons (Fsp3) is 0.118. The third-order valence-corrected chi connectivity index (χ3v) is 4.49. The quantitative estimate of drug-likeness (QED) is 0.670. The van der Waals surface area contributed by atoms with Crippen LogP contribution in [0.25, 0.3) is 5.69 Å². The van der Waals surface area contributed by atoms with E-state index in [2.05, 4.69) is 48.9 Å². The predicted octanol–water partition coefficient (Wildman–Crippen LogP) is 3.69. The number of fused-ring (bicyclic) bond motifs is 3. The highest BCUT2D eigenvalue weighted by Crippen LogP contribution is 2.28. The van der Waals surface area contributed by atoms with Crippen molar-refractivity contribution in [1.29, 1.82) is 0 Å². The Morgan fingerprint density at radius 1 is 0.955 bits per heavy atom. The molecule has 0 aliphatic carbocycles. The van der Waals surface area contributed by atoms with Gasteiger partial charge in [0.2, 0.25) is 0 Å². The van der Waals surface area contributed by atoms with Crippen LogP contribution in [0.1, 0.15) is 22.8 Å². The third-order valence-electron chi connectivity index (χ3n) is 3.80. The van der Waals surface area contributed by atoms with Gasteiger partial charge in [-0.05, 0) is 19.1 Å². The largest absolute Gasteiger partial charge is 0.281 e. The topological polar surface area (TPSA) is 43.1 Å². The number of aliphatic imine (C=N–C) groups is 1. The molecule has 0 saturated heterocycles. The number of aryl methyl sites for hydroxylation is 1. The molecule has 0 saturated carbocycles. The van der Waals surface area contributed by atoms with Crippen LogP contribution in [0.4, 0.5) is 0 Å². The van der Waals surface area contributed by atoms with Crippen molar-refractivity contribution in [2.45, 2.75) is 13.5 Å². The summed E-state index contributed by atoms with van der Waals surface area (Å²) in [7, 11) is 0. The van der Waals surface area contributed by atoms with Crippen LogP contribution >= 0.6 is 15.9 Å². The number of benzene rings is 2. The van der Waals surface area contributed by atoms with E-state index < -0.39 is 0 Å². The van der Waals surface area contributed by atoms with E-state index in [1.807, 2.05) is 37.3 Å². The number of hydrogen-bond acceptors (Lipinski definition) is 3. The zero-order chi connectivity index (χ0) is 15.1. The molecule has 0 spiro atoms. The predicted molar refractivity (Wildman–Crippen MR) is 89.6 cm³/mol. The molecule has 0 bridgehead atoms. The van der Waals surface area contributed by atoms with Crippen LogP contribution in [-0.2, 0) is 6.54 Å². The van der Waals surface area contributed by atoms with Gasteiger partial charge in [0.05, 0.1) is 11.4 Å². The maximum atomic E-state index is 4.81. The number of hydrogen-bond donors (Lipinski definition) is 0. The lowest BCUT2D eigenvalue weighted by molar-refractivity contribution is 0.861. The summed E-state index contributed by atoms with van der Waals surface area (Å²) >= 11 is 3.63. The van der Waals surface area contributed by atoms with E-state index in [1.54, 1.807) is 0 Å². The molecule has 1 aliphatic heterocycles. The average Bonchev–Trinajstić information content (AvgIpc) is 2.82. The van der Waals surface area contributed by atoms with Crippen LogP contribution in [0.2, 0.25) is 0 Å². The van der Waals surface area contributed by atoms with Gasteiger partial charge in [0.25, 0.3) is 0 Å². The van der Waals surface area contributed by atoms with E-state index in [9.17, 15) is 0 Å². The second-order valence-electron chi connectivity index (χ2n) is 5.16. The zero-order valence-corrected chi connectivity index (χ0v) is 13.6. The first-order valence-corrected chi connectivity index (χ1v) is 7.85. The van der Waals surface area contributed by atoms with Gasteiger partial charge in [0.1, 0.15) is 12.4 Å². The summed E-state index contributed by atoms with van der Waals surface area (Å²) in [5.41, 5.74) is 4.24. The van der Waals surface area contributed by atoms with Crippen LogP contribution in [0.5, 0.6) is 0 Å². The molecule has 2 aromatic carbocycles. The van der Waals surface area contributed by atoms with E-state index in [1.165, 1.54) is 0 Å². The van der Waals surface area contributed by atoms with Crippen molar-refractivity contribution in [3.8, 4) is 5.69 Å². The Morgan fingerprint density at radius 3 is 2.50 bits per heavy atom. The van der Waals surface area contributed by atoms with Gasteiger partial charge < -0.3 is 0 Å².